The molecule has 0 aromatic heterocycles. The van der Waals surface area contributed by atoms with E-state index >= 15 is 0 Å². The van der Waals surface area contributed by atoms with Crippen molar-refractivity contribution in [3.8, 4) is 0 Å². The lowest BCUT2D eigenvalue weighted by Gasteiger charge is -2.26. The average Bonchev–Trinajstić information content (AvgIpc) is 2.40. The molecule has 1 aromatic carbocycles. The van der Waals surface area contributed by atoms with Gasteiger partial charge in [-0.2, -0.15) is 0 Å². The Kier molecular flexibility index (Phi) is 4.06. The summed E-state index contributed by atoms with van der Waals surface area (Å²) >= 11 is 0. The second-order valence-corrected chi connectivity index (χ2v) is 4.38. The third-order valence-corrected chi connectivity index (χ3v) is 2.93. The van der Waals surface area contributed by atoms with Crippen LogP contribution in [-0.4, -0.2) is 23.7 Å². The maximum Gasteiger partial charge on any atom is 0.246 e. The molecule has 1 amide bonds. The normalized spacial score (nSPS) is 17.8. The third-order valence-electron chi connectivity index (χ3n) is 2.93. The monoisotopic (exact) mass is 262 g/mol. The van der Waals surface area contributed by atoms with E-state index in [0.29, 0.717) is 12.3 Å². The fourth-order valence-electron chi connectivity index (χ4n) is 1.95. The van der Waals surface area contributed by atoms with Gasteiger partial charge in [0, 0.05) is 5.56 Å². The van der Waals surface area contributed by atoms with Gasteiger partial charge in [0.15, 0.2) is 0 Å². The Morgan fingerprint density at radius 2 is 2.26 bits per heavy atom. The predicted molar refractivity (Wildman–Crippen MR) is 74.7 cm³/mol. The van der Waals surface area contributed by atoms with E-state index in [4.69, 9.17) is 4.74 Å². The van der Waals surface area contributed by atoms with E-state index in [1.807, 2.05) is 19.1 Å². The zero-order valence-electron chi connectivity index (χ0n) is 11.1. The molecule has 1 atom stereocenters. The number of amides is 1. The Morgan fingerprint density at radius 1 is 1.47 bits per heavy atom. The summed E-state index contributed by atoms with van der Waals surface area (Å²) in [5.41, 5.74) is 3.15. The zero-order valence-corrected chi connectivity index (χ0v) is 11.1. The maximum absolute atomic E-state index is 11.6. The highest BCUT2D eigenvalue weighted by molar-refractivity contribution is 6.04. The van der Waals surface area contributed by atoms with E-state index in [9.17, 15) is 9.90 Å². The molecular weight excluding hydrogens is 244 g/mol. The van der Waals surface area contributed by atoms with Crippen LogP contribution in [-0.2, 0) is 16.1 Å². The van der Waals surface area contributed by atoms with Crippen molar-refractivity contribution in [3.05, 3.63) is 29.5 Å². The molecule has 1 unspecified atom stereocenters. The van der Waals surface area contributed by atoms with Crippen LogP contribution in [0.25, 0.3) is 6.08 Å². The van der Waals surface area contributed by atoms with Crippen LogP contribution in [0.5, 0.6) is 0 Å². The van der Waals surface area contributed by atoms with E-state index in [1.54, 1.807) is 19.3 Å². The molecule has 3 N–H and O–H groups in total. The number of ether oxygens (including phenoxy) is 1. The van der Waals surface area contributed by atoms with Crippen molar-refractivity contribution in [2.75, 3.05) is 17.2 Å². The average molecular weight is 262 g/mol. The molecule has 19 heavy (non-hydrogen) atoms. The van der Waals surface area contributed by atoms with Gasteiger partial charge in [0.2, 0.25) is 5.91 Å². The molecular formula is C14H18N2O3. The minimum absolute atomic E-state index is 0.0752. The fourth-order valence-corrected chi connectivity index (χ4v) is 1.95. The van der Waals surface area contributed by atoms with Crippen molar-refractivity contribution in [1.82, 2.24) is 0 Å². The largest absolute Gasteiger partial charge is 0.501 e. The van der Waals surface area contributed by atoms with Crippen LogP contribution in [0.4, 0.5) is 11.4 Å². The lowest BCUT2D eigenvalue weighted by atomic mass is 10.0. The lowest BCUT2D eigenvalue weighted by Crippen LogP contribution is -2.36. The van der Waals surface area contributed by atoms with Crippen LogP contribution in [0, 0.1) is 0 Å². The molecule has 0 fully saturated rings. The van der Waals surface area contributed by atoms with Crippen LogP contribution >= 0.6 is 0 Å². The molecule has 1 aromatic rings. The molecule has 0 saturated heterocycles. The Balaban J connectivity index is 2.41. The van der Waals surface area contributed by atoms with Gasteiger partial charge in [-0.1, -0.05) is 0 Å². The smallest absolute Gasteiger partial charge is 0.246 e. The molecule has 0 aliphatic carbocycles. The Labute approximate surface area is 112 Å². The van der Waals surface area contributed by atoms with Crippen LogP contribution in [0.1, 0.15) is 25.0 Å². The van der Waals surface area contributed by atoms with Crippen LogP contribution in [0.3, 0.4) is 0 Å². The summed E-state index contributed by atoms with van der Waals surface area (Å²) in [6, 6.07) is 3.35. The first-order chi connectivity index (χ1) is 9.15. The molecule has 1 aliphatic rings. The van der Waals surface area contributed by atoms with Crippen molar-refractivity contribution in [2.24, 2.45) is 0 Å². The van der Waals surface area contributed by atoms with Gasteiger partial charge in [0.05, 0.1) is 30.9 Å². The second-order valence-electron chi connectivity index (χ2n) is 4.38. The lowest BCUT2D eigenvalue weighted by molar-refractivity contribution is -0.116. The van der Waals surface area contributed by atoms with Crippen LogP contribution in [0.15, 0.2) is 18.4 Å². The van der Waals surface area contributed by atoms with Crippen molar-refractivity contribution < 1.29 is 14.6 Å². The summed E-state index contributed by atoms with van der Waals surface area (Å²) in [5.74, 6) is -0.0812. The van der Waals surface area contributed by atoms with E-state index < -0.39 is 0 Å². The molecule has 1 aliphatic heterocycles. The number of rotatable bonds is 4. The first-order valence-corrected chi connectivity index (χ1v) is 6.29. The van der Waals surface area contributed by atoms with E-state index in [-0.39, 0.29) is 18.6 Å². The molecule has 5 heteroatoms. The minimum Gasteiger partial charge on any atom is -0.501 e. The highest BCUT2D eigenvalue weighted by Gasteiger charge is 2.23. The number of aliphatic hydroxyl groups is 1. The van der Waals surface area contributed by atoms with E-state index in [0.717, 1.165) is 16.8 Å². The number of carbonyl (C=O) groups is 1. The standard InChI is InChI=1S/C14H18N2O3/c1-3-19-5-4-11-6-10(8-17)7-12-13(11)15-9(2)14(18)16-12/h4-7,9,15,17H,3,8H2,1-2H3,(H,16,18). The highest BCUT2D eigenvalue weighted by atomic mass is 16.5. The van der Waals surface area contributed by atoms with Gasteiger partial charge in [-0.3, -0.25) is 4.79 Å². The van der Waals surface area contributed by atoms with E-state index in [1.165, 1.54) is 0 Å². The summed E-state index contributed by atoms with van der Waals surface area (Å²) in [4.78, 5) is 11.6. The second kappa shape index (κ2) is 5.75. The molecule has 0 radical (unpaired) electrons. The van der Waals surface area contributed by atoms with Crippen molar-refractivity contribution in [2.45, 2.75) is 26.5 Å². The third kappa shape index (κ3) is 2.88. The van der Waals surface area contributed by atoms with Crippen LogP contribution < -0.4 is 10.6 Å². The Hall–Kier alpha value is -2.01. The highest BCUT2D eigenvalue weighted by Crippen LogP contribution is 2.33. The van der Waals surface area contributed by atoms with Crippen molar-refractivity contribution in [1.29, 1.82) is 0 Å². The number of nitrogens with one attached hydrogen (secondary N) is 2. The Morgan fingerprint density at radius 3 is 2.95 bits per heavy atom. The van der Waals surface area contributed by atoms with Crippen molar-refractivity contribution >= 4 is 23.4 Å². The number of carbonyl (C=O) groups excluding carboxylic acids is 1. The minimum atomic E-state index is -0.285. The SMILES string of the molecule is CCOC=Cc1cc(CO)cc2c1NC(C)C(=O)N2. The topological polar surface area (TPSA) is 70.6 Å². The predicted octanol–water partition coefficient (Wildman–Crippen LogP) is 1.94. The summed E-state index contributed by atoms with van der Waals surface area (Å²) in [6.45, 7) is 4.23. The fraction of sp³-hybridized carbons (Fsp3) is 0.357. The zero-order chi connectivity index (χ0) is 13.8. The molecule has 0 bridgehead atoms. The number of anilines is 2. The summed E-state index contributed by atoms with van der Waals surface area (Å²) in [6.07, 6.45) is 3.43. The van der Waals surface area contributed by atoms with Gasteiger partial charge in [0.1, 0.15) is 6.04 Å². The molecule has 102 valence electrons. The number of hydrogen-bond acceptors (Lipinski definition) is 4. The maximum atomic E-state index is 11.6. The molecule has 1 heterocycles. The number of aliphatic hydroxyl groups excluding tert-OH is 1. The van der Waals surface area contributed by atoms with Gasteiger partial charge < -0.3 is 20.5 Å². The van der Waals surface area contributed by atoms with Crippen LogP contribution in [0.2, 0.25) is 0 Å². The molecule has 5 nitrogen and oxygen atoms in total. The summed E-state index contributed by atoms with van der Waals surface area (Å²) < 4.78 is 5.19. The Bertz CT molecular complexity index is 512. The van der Waals surface area contributed by atoms with Crippen molar-refractivity contribution in [3.63, 3.8) is 0 Å². The number of hydrogen-bond donors (Lipinski definition) is 3. The van der Waals surface area contributed by atoms with Gasteiger partial charge in [-0.25, -0.2) is 0 Å². The quantitative estimate of drug-likeness (QED) is 0.725. The van der Waals surface area contributed by atoms with Gasteiger partial charge in [-0.05, 0) is 37.6 Å². The first kappa shape index (κ1) is 13.4. The van der Waals surface area contributed by atoms with Gasteiger partial charge >= 0.3 is 0 Å². The first-order valence-electron chi connectivity index (χ1n) is 6.29. The molecule has 2 rings (SSSR count). The number of benzene rings is 1. The summed E-state index contributed by atoms with van der Waals surface area (Å²) in [7, 11) is 0. The van der Waals surface area contributed by atoms with E-state index in [2.05, 4.69) is 10.6 Å². The molecule has 0 saturated carbocycles. The summed E-state index contributed by atoms with van der Waals surface area (Å²) in [5, 5.41) is 15.2. The number of fused-ring (bicyclic) bond motifs is 1. The van der Waals surface area contributed by atoms with Gasteiger partial charge in [-0.15, -0.1) is 0 Å². The molecule has 0 spiro atoms. The van der Waals surface area contributed by atoms with Gasteiger partial charge in [0.25, 0.3) is 0 Å².